The largest absolute Gasteiger partial charge is 0.439 e. The van der Waals surface area contributed by atoms with Gasteiger partial charge in [-0.3, -0.25) is 0 Å². The van der Waals surface area contributed by atoms with Crippen molar-refractivity contribution >= 4 is 28.7 Å². The first kappa shape index (κ1) is 12.1. The molecule has 1 amide bonds. The Morgan fingerprint density at radius 3 is 2.57 bits per heavy atom. The van der Waals surface area contributed by atoms with Crippen LogP contribution in [0.4, 0.5) is 4.79 Å². The highest BCUT2D eigenvalue weighted by molar-refractivity contribution is 14.1. The smallest absolute Gasteiger partial charge is 0.410 e. The standard InChI is InChI=1S/C10H18INO2/c1-2-12(10(13)14-8-11)9-6-4-3-5-7-9/h9H,2-8H2,1H3. The van der Waals surface area contributed by atoms with Crippen LogP contribution in [0.25, 0.3) is 0 Å². The predicted octanol–water partition coefficient (Wildman–Crippen LogP) is 3.17. The maximum Gasteiger partial charge on any atom is 0.410 e. The van der Waals surface area contributed by atoms with Crippen molar-refractivity contribution in [3.8, 4) is 0 Å². The zero-order valence-electron chi connectivity index (χ0n) is 8.67. The highest BCUT2D eigenvalue weighted by Gasteiger charge is 2.24. The second-order valence-corrected chi connectivity index (χ2v) is 4.22. The van der Waals surface area contributed by atoms with E-state index in [9.17, 15) is 4.79 Å². The number of amides is 1. The molecule has 0 aromatic heterocycles. The number of halogens is 1. The van der Waals surface area contributed by atoms with Gasteiger partial charge in [0.1, 0.15) is 4.61 Å². The molecule has 0 aliphatic heterocycles. The van der Waals surface area contributed by atoms with E-state index in [0.29, 0.717) is 10.7 Å². The maximum atomic E-state index is 11.6. The summed E-state index contributed by atoms with van der Waals surface area (Å²) in [5.74, 6) is 0. The number of hydrogen-bond acceptors (Lipinski definition) is 2. The third-order valence-electron chi connectivity index (χ3n) is 2.77. The van der Waals surface area contributed by atoms with Crippen molar-refractivity contribution in [3.63, 3.8) is 0 Å². The highest BCUT2D eigenvalue weighted by Crippen LogP contribution is 2.22. The number of alkyl halides is 1. The zero-order valence-corrected chi connectivity index (χ0v) is 10.8. The van der Waals surface area contributed by atoms with Crippen LogP contribution in [0.15, 0.2) is 0 Å². The average molecular weight is 311 g/mol. The molecule has 0 saturated heterocycles. The van der Waals surface area contributed by atoms with Crippen LogP contribution in [0, 0.1) is 0 Å². The fraction of sp³-hybridized carbons (Fsp3) is 0.900. The molecule has 1 aliphatic carbocycles. The Morgan fingerprint density at radius 1 is 1.43 bits per heavy atom. The van der Waals surface area contributed by atoms with Gasteiger partial charge in [-0.2, -0.15) is 0 Å². The molecule has 1 saturated carbocycles. The van der Waals surface area contributed by atoms with E-state index in [4.69, 9.17) is 4.74 Å². The van der Waals surface area contributed by atoms with Crippen molar-refractivity contribution in [2.24, 2.45) is 0 Å². The average Bonchev–Trinajstić information content (AvgIpc) is 2.21. The Hall–Kier alpha value is 0. The Morgan fingerprint density at radius 2 is 2.07 bits per heavy atom. The van der Waals surface area contributed by atoms with Gasteiger partial charge in [-0.05, 0) is 42.4 Å². The van der Waals surface area contributed by atoms with Crippen LogP contribution >= 0.6 is 22.6 Å². The number of carbonyl (C=O) groups is 1. The van der Waals surface area contributed by atoms with Gasteiger partial charge >= 0.3 is 6.09 Å². The lowest BCUT2D eigenvalue weighted by molar-refractivity contribution is 0.0949. The molecule has 1 aliphatic rings. The van der Waals surface area contributed by atoms with Gasteiger partial charge < -0.3 is 9.64 Å². The summed E-state index contributed by atoms with van der Waals surface area (Å²) in [6.45, 7) is 2.78. The summed E-state index contributed by atoms with van der Waals surface area (Å²) < 4.78 is 5.47. The number of ether oxygens (including phenoxy) is 1. The molecule has 0 spiro atoms. The minimum atomic E-state index is -0.145. The van der Waals surface area contributed by atoms with E-state index in [1.165, 1.54) is 19.3 Å². The van der Waals surface area contributed by atoms with Crippen molar-refractivity contribution < 1.29 is 9.53 Å². The van der Waals surface area contributed by atoms with Crippen molar-refractivity contribution in [1.82, 2.24) is 4.90 Å². The van der Waals surface area contributed by atoms with Crippen LogP contribution in [-0.4, -0.2) is 28.2 Å². The number of nitrogens with zero attached hydrogens (tertiary/aromatic N) is 1. The third kappa shape index (κ3) is 3.29. The van der Waals surface area contributed by atoms with E-state index >= 15 is 0 Å². The normalized spacial score (nSPS) is 17.9. The van der Waals surface area contributed by atoms with Gasteiger partial charge in [0.05, 0.1) is 0 Å². The molecule has 82 valence electrons. The molecule has 0 unspecified atom stereocenters. The van der Waals surface area contributed by atoms with Crippen LogP contribution in [0.3, 0.4) is 0 Å². The minimum absolute atomic E-state index is 0.145. The molecular formula is C10H18INO2. The maximum absolute atomic E-state index is 11.6. The van der Waals surface area contributed by atoms with E-state index in [1.54, 1.807) is 0 Å². The molecular weight excluding hydrogens is 293 g/mol. The van der Waals surface area contributed by atoms with Crippen LogP contribution in [0.2, 0.25) is 0 Å². The van der Waals surface area contributed by atoms with Crippen molar-refractivity contribution in [1.29, 1.82) is 0 Å². The molecule has 4 heteroatoms. The molecule has 0 radical (unpaired) electrons. The molecule has 1 rings (SSSR count). The monoisotopic (exact) mass is 311 g/mol. The van der Waals surface area contributed by atoms with Gasteiger partial charge in [-0.25, -0.2) is 4.79 Å². The van der Waals surface area contributed by atoms with E-state index in [0.717, 1.165) is 19.4 Å². The van der Waals surface area contributed by atoms with E-state index in [2.05, 4.69) is 22.6 Å². The Kier molecular flexibility index (Phi) is 5.59. The summed E-state index contributed by atoms with van der Waals surface area (Å²) in [4.78, 5) is 13.4. The zero-order chi connectivity index (χ0) is 10.4. The number of rotatable bonds is 3. The van der Waals surface area contributed by atoms with Gasteiger partial charge in [0.25, 0.3) is 0 Å². The van der Waals surface area contributed by atoms with E-state index in [1.807, 2.05) is 11.8 Å². The molecule has 0 heterocycles. The minimum Gasteiger partial charge on any atom is -0.439 e. The SMILES string of the molecule is CCN(C(=O)OCI)C1CCCCC1. The summed E-state index contributed by atoms with van der Waals surface area (Å²) in [5, 5.41) is 0. The fourth-order valence-corrected chi connectivity index (χ4v) is 2.33. The first-order valence-corrected chi connectivity index (χ1v) is 6.81. The predicted molar refractivity (Wildman–Crippen MR) is 64.6 cm³/mol. The van der Waals surface area contributed by atoms with Gasteiger partial charge in [0, 0.05) is 12.6 Å². The van der Waals surface area contributed by atoms with Crippen molar-refractivity contribution in [2.45, 2.75) is 45.1 Å². The molecule has 0 aromatic carbocycles. The van der Waals surface area contributed by atoms with Gasteiger partial charge in [-0.15, -0.1) is 0 Å². The molecule has 14 heavy (non-hydrogen) atoms. The van der Waals surface area contributed by atoms with Crippen LogP contribution in [0.1, 0.15) is 39.0 Å². The first-order valence-electron chi connectivity index (χ1n) is 5.29. The van der Waals surface area contributed by atoms with Crippen LogP contribution in [-0.2, 0) is 4.74 Å². The van der Waals surface area contributed by atoms with Gasteiger partial charge in [0.15, 0.2) is 0 Å². The molecule has 3 nitrogen and oxygen atoms in total. The summed E-state index contributed by atoms with van der Waals surface area (Å²) in [6.07, 6.45) is 5.95. The Bertz CT molecular complexity index is 181. The van der Waals surface area contributed by atoms with Crippen LogP contribution < -0.4 is 0 Å². The van der Waals surface area contributed by atoms with Gasteiger partial charge in [-0.1, -0.05) is 19.3 Å². The van der Waals surface area contributed by atoms with Gasteiger partial charge in [0.2, 0.25) is 0 Å². The lowest BCUT2D eigenvalue weighted by Gasteiger charge is -2.32. The van der Waals surface area contributed by atoms with E-state index in [-0.39, 0.29) is 6.09 Å². The molecule has 0 atom stereocenters. The molecule has 1 fully saturated rings. The quantitative estimate of drug-likeness (QED) is 0.592. The molecule has 0 aromatic rings. The summed E-state index contributed by atoms with van der Waals surface area (Å²) >= 11 is 2.05. The second kappa shape index (κ2) is 6.48. The summed E-state index contributed by atoms with van der Waals surface area (Å²) in [6, 6.07) is 0.421. The number of carbonyl (C=O) groups excluding carboxylic acids is 1. The summed E-state index contributed by atoms with van der Waals surface area (Å²) in [7, 11) is 0. The summed E-state index contributed by atoms with van der Waals surface area (Å²) in [5.41, 5.74) is 0. The Balaban J connectivity index is 2.46. The van der Waals surface area contributed by atoms with Crippen molar-refractivity contribution in [2.75, 3.05) is 11.2 Å². The third-order valence-corrected chi connectivity index (χ3v) is 3.08. The molecule has 0 bridgehead atoms. The second-order valence-electron chi connectivity index (χ2n) is 3.60. The Labute approximate surface area is 99.3 Å². The van der Waals surface area contributed by atoms with Crippen molar-refractivity contribution in [3.05, 3.63) is 0 Å². The lowest BCUT2D eigenvalue weighted by Crippen LogP contribution is -2.41. The fourth-order valence-electron chi connectivity index (χ4n) is 2.06. The highest BCUT2D eigenvalue weighted by atomic mass is 127. The first-order chi connectivity index (χ1) is 6.79. The van der Waals surface area contributed by atoms with Crippen LogP contribution in [0.5, 0.6) is 0 Å². The topological polar surface area (TPSA) is 29.5 Å². The lowest BCUT2D eigenvalue weighted by atomic mass is 9.94. The number of hydrogen-bond donors (Lipinski definition) is 0. The molecule has 0 N–H and O–H groups in total. The van der Waals surface area contributed by atoms with E-state index < -0.39 is 0 Å².